The lowest BCUT2D eigenvalue weighted by Gasteiger charge is -2.45. The van der Waals surface area contributed by atoms with Crippen molar-refractivity contribution in [3.63, 3.8) is 0 Å². The minimum Gasteiger partial charge on any atom is -0.150 e. The quantitative estimate of drug-likeness (QED) is 0.435. The van der Waals surface area contributed by atoms with E-state index < -0.39 is 0 Å². The van der Waals surface area contributed by atoms with Crippen LogP contribution in [0, 0.1) is 10.8 Å². The summed E-state index contributed by atoms with van der Waals surface area (Å²) < 4.78 is 0.225. The van der Waals surface area contributed by atoms with Gasteiger partial charge in [0.1, 0.15) is 0 Å². The van der Waals surface area contributed by atoms with E-state index in [2.05, 4.69) is 90.6 Å². The number of hydrogen-bond donors (Lipinski definition) is 0. The minimum atomic E-state index is 0.201. The topological polar surface area (TPSA) is 0 Å². The maximum Gasteiger partial charge on any atom is 0.0451 e. The average molecular weight is 359 g/mol. The van der Waals surface area contributed by atoms with E-state index in [1.165, 1.54) is 42.6 Å². The van der Waals surface area contributed by atoms with Crippen molar-refractivity contribution >= 4 is 11.8 Å². The average Bonchev–Trinajstić information content (AvgIpc) is 2.98. The highest BCUT2D eigenvalue weighted by atomic mass is 32.2. The van der Waals surface area contributed by atoms with Gasteiger partial charge in [0, 0.05) is 4.75 Å². The molecule has 0 bridgehead atoms. The molecule has 2 aliphatic carbocycles. The fraction of sp³-hybridized carbons (Fsp3) is 0.667. The molecule has 0 aliphatic heterocycles. The van der Waals surface area contributed by atoms with Gasteiger partial charge in [-0.2, -0.15) is 0 Å². The van der Waals surface area contributed by atoms with Crippen molar-refractivity contribution in [3.8, 4) is 0 Å². The first-order valence-corrected chi connectivity index (χ1v) is 11.0. The largest absolute Gasteiger partial charge is 0.150 e. The molecule has 0 aromatic heterocycles. The van der Waals surface area contributed by atoms with Gasteiger partial charge in [-0.3, -0.25) is 0 Å². The van der Waals surface area contributed by atoms with Crippen LogP contribution in [-0.4, -0.2) is 10.5 Å². The van der Waals surface area contributed by atoms with Crippen molar-refractivity contribution in [1.82, 2.24) is 0 Å². The smallest absolute Gasteiger partial charge is 0.0451 e. The Morgan fingerprint density at radius 3 is 2.28 bits per heavy atom. The number of rotatable bonds is 6. The van der Waals surface area contributed by atoms with Crippen LogP contribution in [0.15, 0.2) is 47.1 Å². The first-order chi connectivity index (χ1) is 11.6. The Labute approximate surface area is 160 Å². The zero-order chi connectivity index (χ0) is 18.7. The fourth-order valence-corrected chi connectivity index (χ4v) is 5.70. The minimum absolute atomic E-state index is 0.201. The molecular formula is C24H38S. The lowest BCUT2D eigenvalue weighted by atomic mass is 9.68. The van der Waals surface area contributed by atoms with Crippen LogP contribution in [0.5, 0.6) is 0 Å². The SMILES string of the molecule is CCCCSC1(CC2=CCC=C2)CC=C(C(C)(C)C)C=C1C(C)(C)C. The lowest BCUT2D eigenvalue weighted by Crippen LogP contribution is -2.37. The van der Waals surface area contributed by atoms with Crippen molar-refractivity contribution in [1.29, 1.82) is 0 Å². The van der Waals surface area contributed by atoms with Gasteiger partial charge in [-0.1, -0.05) is 90.8 Å². The Kier molecular flexibility index (Phi) is 6.52. The second-order valence-electron chi connectivity index (χ2n) is 9.71. The van der Waals surface area contributed by atoms with E-state index in [4.69, 9.17) is 0 Å². The molecule has 0 N–H and O–H groups in total. The Morgan fingerprint density at radius 1 is 1.04 bits per heavy atom. The highest BCUT2D eigenvalue weighted by Crippen LogP contribution is 2.53. The van der Waals surface area contributed by atoms with Crippen LogP contribution in [0.25, 0.3) is 0 Å². The van der Waals surface area contributed by atoms with Crippen LogP contribution in [0.1, 0.15) is 80.6 Å². The molecular weight excluding hydrogens is 320 g/mol. The summed E-state index contributed by atoms with van der Waals surface area (Å²) in [5, 5.41) is 0. The van der Waals surface area contributed by atoms with E-state index >= 15 is 0 Å². The van der Waals surface area contributed by atoms with E-state index in [0.717, 1.165) is 6.42 Å². The van der Waals surface area contributed by atoms with Crippen molar-refractivity contribution in [2.75, 3.05) is 5.75 Å². The zero-order valence-corrected chi connectivity index (χ0v) is 18.4. The number of allylic oxidation sites excluding steroid dienone is 7. The van der Waals surface area contributed by atoms with Gasteiger partial charge in [0.05, 0.1) is 0 Å². The normalized spacial score (nSPS) is 24.2. The van der Waals surface area contributed by atoms with Crippen LogP contribution in [0.4, 0.5) is 0 Å². The predicted molar refractivity (Wildman–Crippen MR) is 116 cm³/mol. The summed E-state index contributed by atoms with van der Waals surface area (Å²) in [7, 11) is 0. The molecule has 0 radical (unpaired) electrons. The van der Waals surface area contributed by atoms with Crippen LogP contribution in [-0.2, 0) is 0 Å². The maximum absolute atomic E-state index is 2.56. The fourth-order valence-electron chi connectivity index (χ4n) is 3.89. The highest BCUT2D eigenvalue weighted by molar-refractivity contribution is 8.00. The summed E-state index contributed by atoms with van der Waals surface area (Å²) in [5.41, 5.74) is 5.12. The van der Waals surface area contributed by atoms with Gasteiger partial charge in [-0.05, 0) is 53.4 Å². The van der Waals surface area contributed by atoms with Crippen LogP contribution in [0.3, 0.4) is 0 Å². The molecule has 1 unspecified atom stereocenters. The Hall–Kier alpha value is -0.690. The molecule has 2 aliphatic rings. The molecule has 1 heteroatoms. The summed E-state index contributed by atoms with van der Waals surface area (Å²) in [5.74, 6) is 1.26. The molecule has 0 aromatic rings. The lowest BCUT2D eigenvalue weighted by molar-refractivity contribution is 0.425. The zero-order valence-electron chi connectivity index (χ0n) is 17.5. The Balaban J connectivity index is 2.43. The molecule has 0 saturated heterocycles. The highest BCUT2D eigenvalue weighted by Gasteiger charge is 2.42. The van der Waals surface area contributed by atoms with E-state index in [1.54, 1.807) is 5.57 Å². The molecule has 1 atom stereocenters. The summed E-state index contributed by atoms with van der Waals surface area (Å²) in [6.07, 6.45) is 18.2. The van der Waals surface area contributed by atoms with Gasteiger partial charge in [0.15, 0.2) is 0 Å². The molecule has 0 heterocycles. The van der Waals surface area contributed by atoms with Gasteiger partial charge in [-0.15, -0.1) is 11.8 Å². The number of unbranched alkanes of at least 4 members (excludes halogenated alkanes) is 1. The van der Waals surface area contributed by atoms with Gasteiger partial charge in [-0.25, -0.2) is 0 Å². The van der Waals surface area contributed by atoms with E-state index in [-0.39, 0.29) is 15.6 Å². The molecule has 0 aromatic carbocycles. The maximum atomic E-state index is 2.56. The third kappa shape index (κ3) is 5.16. The Bertz CT molecular complexity index is 587. The van der Waals surface area contributed by atoms with E-state index in [1.807, 2.05) is 0 Å². The summed E-state index contributed by atoms with van der Waals surface area (Å²) in [6, 6.07) is 0. The molecule has 140 valence electrons. The van der Waals surface area contributed by atoms with Gasteiger partial charge >= 0.3 is 0 Å². The van der Waals surface area contributed by atoms with Gasteiger partial charge < -0.3 is 0 Å². The third-order valence-corrected chi connectivity index (χ3v) is 6.91. The summed E-state index contributed by atoms with van der Waals surface area (Å²) in [4.78, 5) is 0. The second kappa shape index (κ2) is 7.91. The third-order valence-electron chi connectivity index (χ3n) is 5.33. The standard InChI is InChI=1S/C24H38S/c1-8-9-16-25-24(18-19-12-10-11-13-19)15-14-20(22(2,3)4)17-21(24)23(5,6)7/h10,12-14,17H,8-9,11,15-16,18H2,1-7H3. The van der Waals surface area contributed by atoms with Crippen molar-refractivity contribution < 1.29 is 0 Å². The molecule has 0 nitrogen and oxygen atoms in total. The van der Waals surface area contributed by atoms with Crippen molar-refractivity contribution in [2.24, 2.45) is 10.8 Å². The first-order valence-electron chi connectivity index (χ1n) is 10.0. The van der Waals surface area contributed by atoms with E-state index in [0.29, 0.717) is 0 Å². The molecule has 25 heavy (non-hydrogen) atoms. The summed E-state index contributed by atoms with van der Waals surface area (Å²) >= 11 is 2.22. The number of thioether (sulfide) groups is 1. The molecule has 0 saturated carbocycles. The van der Waals surface area contributed by atoms with Gasteiger partial charge in [0.25, 0.3) is 0 Å². The monoisotopic (exact) mass is 358 g/mol. The Morgan fingerprint density at radius 2 is 1.76 bits per heavy atom. The van der Waals surface area contributed by atoms with Crippen LogP contribution in [0.2, 0.25) is 0 Å². The molecule has 0 fully saturated rings. The van der Waals surface area contributed by atoms with Crippen LogP contribution < -0.4 is 0 Å². The van der Waals surface area contributed by atoms with Crippen molar-refractivity contribution in [3.05, 3.63) is 47.1 Å². The summed E-state index contributed by atoms with van der Waals surface area (Å²) in [6.45, 7) is 16.5. The van der Waals surface area contributed by atoms with Gasteiger partial charge in [0.2, 0.25) is 0 Å². The molecule has 0 spiro atoms. The van der Waals surface area contributed by atoms with E-state index in [9.17, 15) is 0 Å². The predicted octanol–water partition coefficient (Wildman–Crippen LogP) is 7.88. The second-order valence-corrected chi connectivity index (χ2v) is 11.2. The van der Waals surface area contributed by atoms with Crippen LogP contribution >= 0.6 is 11.8 Å². The first kappa shape index (κ1) is 20.6. The molecule has 2 rings (SSSR count). The number of hydrogen-bond acceptors (Lipinski definition) is 1. The molecule has 0 amide bonds. The van der Waals surface area contributed by atoms with Crippen molar-refractivity contribution in [2.45, 2.75) is 85.3 Å².